The van der Waals surface area contributed by atoms with Gasteiger partial charge in [-0.05, 0) is 18.2 Å². The highest BCUT2D eigenvalue weighted by atomic mass is 35.5. The number of ether oxygens (including phenoxy) is 1. The minimum atomic E-state index is -0.172. The number of rotatable bonds is 2. The van der Waals surface area contributed by atoms with Crippen LogP contribution in [0.25, 0.3) is 5.69 Å². The van der Waals surface area contributed by atoms with Gasteiger partial charge in [0.25, 0.3) is 5.91 Å². The van der Waals surface area contributed by atoms with Gasteiger partial charge in [-0.25, -0.2) is 4.68 Å². The van der Waals surface area contributed by atoms with E-state index in [1.165, 1.54) is 6.20 Å². The van der Waals surface area contributed by atoms with Gasteiger partial charge in [-0.1, -0.05) is 23.2 Å². The smallest absolute Gasteiger partial charge is 0.261 e. The molecule has 0 spiro atoms. The van der Waals surface area contributed by atoms with Crippen LogP contribution in [0, 0.1) is 0 Å². The molecule has 0 N–H and O–H groups in total. The van der Waals surface area contributed by atoms with Gasteiger partial charge in [-0.15, -0.1) is 0 Å². The summed E-state index contributed by atoms with van der Waals surface area (Å²) in [6.45, 7) is 0.879. The maximum absolute atomic E-state index is 12.9. The summed E-state index contributed by atoms with van der Waals surface area (Å²) >= 11 is 12.1. The molecule has 6 nitrogen and oxygen atoms in total. The number of aromatic nitrogens is 3. The van der Waals surface area contributed by atoms with Gasteiger partial charge in [0.1, 0.15) is 18.0 Å². The predicted molar refractivity (Wildman–Crippen MR) is 95.0 cm³/mol. The zero-order chi connectivity index (χ0) is 17.4. The second-order valence-electron chi connectivity index (χ2n) is 5.42. The summed E-state index contributed by atoms with van der Waals surface area (Å²) in [7, 11) is 0. The molecule has 1 aliphatic heterocycles. The highest BCUT2D eigenvalue weighted by molar-refractivity contribution is 6.35. The van der Waals surface area contributed by atoms with Crippen LogP contribution in [0.2, 0.25) is 10.0 Å². The molecule has 1 aromatic carbocycles. The average Bonchev–Trinajstić information content (AvgIpc) is 3.10. The summed E-state index contributed by atoms with van der Waals surface area (Å²) in [5.74, 6) is 0.469. The Morgan fingerprint density at radius 2 is 2.04 bits per heavy atom. The number of hydrogen-bond donors (Lipinski definition) is 0. The normalized spacial score (nSPS) is 13.3. The lowest BCUT2D eigenvalue weighted by Gasteiger charge is -2.28. The molecule has 3 aromatic rings. The highest BCUT2D eigenvalue weighted by Gasteiger charge is 2.26. The maximum atomic E-state index is 12.9. The van der Waals surface area contributed by atoms with Gasteiger partial charge in [0.15, 0.2) is 0 Å². The fourth-order valence-corrected chi connectivity index (χ4v) is 3.16. The molecule has 2 aromatic heterocycles. The molecule has 0 saturated carbocycles. The van der Waals surface area contributed by atoms with Crippen LogP contribution in [0.5, 0.6) is 5.75 Å². The molecular weight excluding hydrogens is 363 g/mol. The Kier molecular flexibility index (Phi) is 4.07. The quantitative estimate of drug-likeness (QED) is 0.687. The summed E-state index contributed by atoms with van der Waals surface area (Å²) < 4.78 is 7.11. The monoisotopic (exact) mass is 374 g/mol. The van der Waals surface area contributed by atoms with Crippen LogP contribution >= 0.6 is 23.2 Å². The van der Waals surface area contributed by atoms with E-state index in [9.17, 15) is 4.79 Å². The number of halogens is 2. The molecule has 1 amide bonds. The van der Waals surface area contributed by atoms with E-state index in [0.29, 0.717) is 45.9 Å². The molecular formula is C17H12Cl2N4O2. The summed E-state index contributed by atoms with van der Waals surface area (Å²) in [6.07, 6.45) is 6.40. The Morgan fingerprint density at radius 1 is 1.16 bits per heavy atom. The first kappa shape index (κ1) is 15.9. The van der Waals surface area contributed by atoms with E-state index in [0.717, 1.165) is 0 Å². The van der Waals surface area contributed by atoms with Crippen LogP contribution in [0.4, 0.5) is 5.69 Å². The first-order valence-electron chi connectivity index (χ1n) is 7.52. The number of pyridine rings is 1. The lowest BCUT2D eigenvalue weighted by Crippen LogP contribution is -2.37. The van der Waals surface area contributed by atoms with Crippen LogP contribution < -0.4 is 9.64 Å². The second kappa shape index (κ2) is 6.38. The van der Waals surface area contributed by atoms with Gasteiger partial charge in [0, 0.05) is 23.5 Å². The van der Waals surface area contributed by atoms with E-state index >= 15 is 0 Å². The topological polar surface area (TPSA) is 60.2 Å². The Bertz CT molecular complexity index is 957. The molecule has 0 fully saturated rings. The SMILES string of the molecule is O=C(c1cnn(-c2ccc(Cl)cc2Cl)c1)N1CCOc2ccncc21. The Labute approximate surface area is 153 Å². The van der Waals surface area contributed by atoms with Crippen molar-refractivity contribution in [2.24, 2.45) is 0 Å². The second-order valence-corrected chi connectivity index (χ2v) is 6.26. The number of benzene rings is 1. The van der Waals surface area contributed by atoms with Crippen LogP contribution in [-0.4, -0.2) is 33.8 Å². The molecule has 0 atom stereocenters. The van der Waals surface area contributed by atoms with Crippen LogP contribution in [0.3, 0.4) is 0 Å². The number of carbonyl (C=O) groups is 1. The maximum Gasteiger partial charge on any atom is 0.261 e. The lowest BCUT2D eigenvalue weighted by atomic mass is 10.2. The molecule has 0 radical (unpaired) electrons. The van der Waals surface area contributed by atoms with Crippen molar-refractivity contribution in [2.75, 3.05) is 18.1 Å². The summed E-state index contributed by atoms with van der Waals surface area (Å²) in [5, 5.41) is 5.23. The van der Waals surface area contributed by atoms with Gasteiger partial charge in [0.05, 0.1) is 35.2 Å². The molecule has 3 heterocycles. The first-order valence-corrected chi connectivity index (χ1v) is 8.28. The largest absolute Gasteiger partial charge is 0.489 e. The van der Waals surface area contributed by atoms with Crippen molar-refractivity contribution in [3.05, 3.63) is 64.7 Å². The third kappa shape index (κ3) is 2.94. The molecule has 0 aliphatic carbocycles. The van der Waals surface area contributed by atoms with Crippen molar-refractivity contribution in [1.29, 1.82) is 0 Å². The fraction of sp³-hybridized carbons (Fsp3) is 0.118. The van der Waals surface area contributed by atoms with Crippen molar-refractivity contribution in [3.8, 4) is 11.4 Å². The van der Waals surface area contributed by atoms with Crippen LogP contribution in [-0.2, 0) is 0 Å². The van der Waals surface area contributed by atoms with Crippen molar-refractivity contribution in [3.63, 3.8) is 0 Å². The minimum Gasteiger partial charge on any atom is -0.489 e. The van der Waals surface area contributed by atoms with Gasteiger partial charge < -0.3 is 9.64 Å². The zero-order valence-corrected chi connectivity index (χ0v) is 14.4. The van der Waals surface area contributed by atoms with E-state index in [-0.39, 0.29) is 5.91 Å². The number of hydrogen-bond acceptors (Lipinski definition) is 4. The van der Waals surface area contributed by atoms with E-state index < -0.39 is 0 Å². The van der Waals surface area contributed by atoms with Crippen molar-refractivity contribution in [2.45, 2.75) is 0 Å². The Hall–Kier alpha value is -2.57. The minimum absolute atomic E-state index is 0.172. The molecule has 0 unspecified atom stereocenters. The van der Waals surface area contributed by atoms with Gasteiger partial charge >= 0.3 is 0 Å². The molecule has 25 heavy (non-hydrogen) atoms. The zero-order valence-electron chi connectivity index (χ0n) is 12.9. The molecule has 0 saturated heterocycles. The summed E-state index contributed by atoms with van der Waals surface area (Å²) in [5.41, 5.74) is 1.74. The first-order chi connectivity index (χ1) is 12.1. The van der Waals surface area contributed by atoms with Gasteiger partial charge in [-0.2, -0.15) is 5.10 Å². The van der Waals surface area contributed by atoms with Crippen LogP contribution in [0.1, 0.15) is 10.4 Å². The highest BCUT2D eigenvalue weighted by Crippen LogP contribution is 2.31. The molecule has 1 aliphatic rings. The summed E-state index contributed by atoms with van der Waals surface area (Å²) in [4.78, 5) is 18.6. The third-order valence-corrected chi connectivity index (χ3v) is 4.39. The molecule has 0 bridgehead atoms. The number of carbonyl (C=O) groups excluding carboxylic acids is 1. The number of anilines is 1. The third-order valence-electron chi connectivity index (χ3n) is 3.86. The van der Waals surface area contributed by atoms with E-state index in [1.807, 2.05) is 0 Å². The van der Waals surface area contributed by atoms with Crippen LogP contribution in [0.15, 0.2) is 49.1 Å². The molecule has 126 valence electrons. The lowest BCUT2D eigenvalue weighted by molar-refractivity contribution is 0.0976. The number of amides is 1. The number of nitrogens with zero attached hydrogens (tertiary/aromatic N) is 4. The van der Waals surface area contributed by atoms with E-state index in [1.54, 1.807) is 52.4 Å². The predicted octanol–water partition coefficient (Wildman–Crippen LogP) is 3.61. The fourth-order valence-electron chi connectivity index (χ4n) is 2.66. The molecule has 8 heteroatoms. The average molecular weight is 375 g/mol. The Morgan fingerprint density at radius 3 is 2.88 bits per heavy atom. The van der Waals surface area contributed by atoms with Gasteiger partial charge in [-0.3, -0.25) is 9.78 Å². The van der Waals surface area contributed by atoms with E-state index in [2.05, 4.69) is 10.1 Å². The van der Waals surface area contributed by atoms with Gasteiger partial charge in [0.2, 0.25) is 0 Å². The van der Waals surface area contributed by atoms with Crippen molar-refractivity contribution in [1.82, 2.24) is 14.8 Å². The van der Waals surface area contributed by atoms with Crippen molar-refractivity contribution >= 4 is 34.8 Å². The Balaban J connectivity index is 1.66. The number of fused-ring (bicyclic) bond motifs is 1. The standard InChI is InChI=1S/C17H12Cl2N4O2/c18-12-1-2-14(13(19)7-12)23-10-11(8-21-23)17(24)22-5-6-25-16-3-4-20-9-15(16)22/h1-4,7-10H,5-6H2. The molecule has 4 rings (SSSR count). The van der Waals surface area contributed by atoms with E-state index in [4.69, 9.17) is 27.9 Å². The summed E-state index contributed by atoms with van der Waals surface area (Å²) in [6, 6.07) is 6.84. The van der Waals surface area contributed by atoms with Crippen molar-refractivity contribution < 1.29 is 9.53 Å².